The number of rotatable bonds is 5. The van der Waals surface area contributed by atoms with Gasteiger partial charge in [0.2, 0.25) is 0 Å². The van der Waals surface area contributed by atoms with Crippen molar-refractivity contribution in [3.8, 4) is 0 Å². The molecule has 94 valence electrons. The Balaban J connectivity index is 1.54. The maximum atomic E-state index is 5.53. The third-order valence-corrected chi connectivity index (χ3v) is 3.07. The molecule has 0 aromatic carbocycles. The summed E-state index contributed by atoms with van der Waals surface area (Å²) in [6, 6.07) is 3.78. The van der Waals surface area contributed by atoms with Crippen molar-refractivity contribution < 1.29 is 9.15 Å². The van der Waals surface area contributed by atoms with Crippen LogP contribution in [0, 0.1) is 0 Å². The van der Waals surface area contributed by atoms with Gasteiger partial charge in [-0.1, -0.05) is 0 Å². The predicted molar refractivity (Wildman–Crippen MR) is 69.7 cm³/mol. The maximum Gasteiger partial charge on any atom is 0.166 e. The first-order valence-corrected chi connectivity index (χ1v) is 6.41. The van der Waals surface area contributed by atoms with Crippen LogP contribution in [-0.2, 0) is 11.3 Å². The Morgan fingerprint density at radius 2 is 2.41 bits per heavy atom. The SMILES string of the molecule is S=C(NCCC1CCCO1)NCc1ccco1. The molecule has 0 saturated carbocycles. The van der Waals surface area contributed by atoms with Gasteiger partial charge in [-0.15, -0.1) is 0 Å². The summed E-state index contributed by atoms with van der Waals surface area (Å²) in [4.78, 5) is 0. The van der Waals surface area contributed by atoms with Crippen molar-refractivity contribution in [3.63, 3.8) is 0 Å². The van der Waals surface area contributed by atoms with E-state index in [0.29, 0.717) is 17.8 Å². The van der Waals surface area contributed by atoms with Crippen LogP contribution in [0.4, 0.5) is 0 Å². The molecule has 0 spiro atoms. The Morgan fingerprint density at radius 3 is 3.12 bits per heavy atom. The minimum absolute atomic E-state index is 0.412. The van der Waals surface area contributed by atoms with Crippen LogP contribution in [0.25, 0.3) is 0 Å². The van der Waals surface area contributed by atoms with Gasteiger partial charge in [-0.3, -0.25) is 0 Å². The maximum absolute atomic E-state index is 5.53. The molecule has 1 atom stereocenters. The average molecular weight is 254 g/mol. The molecule has 1 fully saturated rings. The summed E-state index contributed by atoms with van der Waals surface area (Å²) in [6.07, 6.45) is 5.45. The Morgan fingerprint density at radius 1 is 1.47 bits per heavy atom. The smallest absolute Gasteiger partial charge is 0.166 e. The molecule has 2 N–H and O–H groups in total. The number of ether oxygens (including phenoxy) is 1. The molecule has 1 unspecified atom stereocenters. The van der Waals surface area contributed by atoms with Crippen LogP contribution in [0.1, 0.15) is 25.0 Å². The summed E-state index contributed by atoms with van der Waals surface area (Å²) in [6.45, 7) is 2.39. The molecule has 0 bridgehead atoms. The lowest BCUT2D eigenvalue weighted by Crippen LogP contribution is -2.36. The molecular weight excluding hydrogens is 236 g/mol. The van der Waals surface area contributed by atoms with Gasteiger partial charge >= 0.3 is 0 Å². The largest absolute Gasteiger partial charge is 0.467 e. The molecule has 0 amide bonds. The van der Waals surface area contributed by atoms with Crippen LogP contribution in [0.15, 0.2) is 22.8 Å². The summed E-state index contributed by atoms with van der Waals surface area (Å²) in [5.41, 5.74) is 0. The van der Waals surface area contributed by atoms with E-state index in [9.17, 15) is 0 Å². The van der Waals surface area contributed by atoms with Crippen molar-refractivity contribution in [1.29, 1.82) is 0 Å². The van der Waals surface area contributed by atoms with E-state index in [0.717, 1.165) is 25.3 Å². The normalized spacial score (nSPS) is 19.2. The van der Waals surface area contributed by atoms with E-state index in [2.05, 4.69) is 10.6 Å². The van der Waals surface area contributed by atoms with Crippen molar-refractivity contribution in [1.82, 2.24) is 10.6 Å². The predicted octanol–water partition coefficient (Wildman–Crippen LogP) is 1.81. The Hall–Kier alpha value is -1.07. The zero-order valence-corrected chi connectivity index (χ0v) is 10.6. The zero-order valence-electron chi connectivity index (χ0n) is 9.78. The molecule has 1 saturated heterocycles. The van der Waals surface area contributed by atoms with Crippen LogP contribution in [0.2, 0.25) is 0 Å². The lowest BCUT2D eigenvalue weighted by atomic mass is 10.2. The van der Waals surface area contributed by atoms with E-state index in [4.69, 9.17) is 21.4 Å². The van der Waals surface area contributed by atoms with Crippen LogP contribution < -0.4 is 10.6 Å². The number of nitrogens with one attached hydrogen (secondary N) is 2. The highest BCUT2D eigenvalue weighted by atomic mass is 32.1. The lowest BCUT2D eigenvalue weighted by Gasteiger charge is -2.12. The van der Waals surface area contributed by atoms with E-state index in [1.807, 2.05) is 12.1 Å². The van der Waals surface area contributed by atoms with Gasteiger partial charge in [0.05, 0.1) is 18.9 Å². The second-order valence-electron chi connectivity index (χ2n) is 4.11. The summed E-state index contributed by atoms with van der Waals surface area (Å²) in [5, 5.41) is 6.93. The summed E-state index contributed by atoms with van der Waals surface area (Å²) in [5.74, 6) is 0.883. The second kappa shape index (κ2) is 6.61. The molecule has 1 aliphatic rings. The summed E-state index contributed by atoms with van der Waals surface area (Å²) < 4.78 is 10.7. The van der Waals surface area contributed by atoms with Gasteiger partial charge in [0.15, 0.2) is 5.11 Å². The van der Waals surface area contributed by atoms with Crippen molar-refractivity contribution in [3.05, 3.63) is 24.2 Å². The molecule has 1 aliphatic heterocycles. The van der Waals surface area contributed by atoms with Crippen molar-refractivity contribution in [2.45, 2.75) is 31.9 Å². The van der Waals surface area contributed by atoms with Gasteiger partial charge < -0.3 is 19.8 Å². The number of hydrogen-bond donors (Lipinski definition) is 2. The van der Waals surface area contributed by atoms with E-state index < -0.39 is 0 Å². The molecule has 1 aromatic rings. The van der Waals surface area contributed by atoms with Gasteiger partial charge in [-0.2, -0.15) is 0 Å². The Labute approximate surface area is 107 Å². The number of hydrogen-bond acceptors (Lipinski definition) is 3. The molecule has 4 nitrogen and oxygen atoms in total. The Kier molecular flexibility index (Phi) is 4.82. The average Bonchev–Trinajstić information content (AvgIpc) is 2.99. The molecular formula is C12H18N2O2S. The highest BCUT2D eigenvalue weighted by Gasteiger charge is 2.14. The van der Waals surface area contributed by atoms with E-state index >= 15 is 0 Å². The van der Waals surface area contributed by atoms with Gasteiger partial charge in [-0.25, -0.2) is 0 Å². The number of thiocarbonyl (C=S) groups is 1. The highest BCUT2D eigenvalue weighted by Crippen LogP contribution is 2.14. The quantitative estimate of drug-likeness (QED) is 0.785. The fourth-order valence-electron chi connectivity index (χ4n) is 1.86. The van der Waals surface area contributed by atoms with E-state index in [1.54, 1.807) is 6.26 Å². The first kappa shape index (κ1) is 12.4. The molecule has 2 rings (SSSR count). The molecule has 1 aromatic heterocycles. The van der Waals surface area contributed by atoms with Crippen LogP contribution in [0.5, 0.6) is 0 Å². The third kappa shape index (κ3) is 4.36. The minimum atomic E-state index is 0.412. The standard InChI is InChI=1S/C12H18N2O2S/c17-12(14-9-11-4-2-8-16-11)13-6-5-10-3-1-7-15-10/h2,4,8,10H,1,3,5-7,9H2,(H2,13,14,17). The molecule has 2 heterocycles. The molecule has 5 heteroatoms. The molecule has 0 aliphatic carbocycles. The van der Waals surface area contributed by atoms with E-state index in [1.165, 1.54) is 12.8 Å². The van der Waals surface area contributed by atoms with Crippen molar-refractivity contribution >= 4 is 17.3 Å². The Bertz CT molecular complexity index is 334. The van der Waals surface area contributed by atoms with Crippen LogP contribution in [-0.4, -0.2) is 24.4 Å². The fourth-order valence-corrected chi connectivity index (χ4v) is 2.04. The highest BCUT2D eigenvalue weighted by molar-refractivity contribution is 7.80. The lowest BCUT2D eigenvalue weighted by molar-refractivity contribution is 0.105. The van der Waals surface area contributed by atoms with Gasteiger partial charge in [0.1, 0.15) is 5.76 Å². The minimum Gasteiger partial charge on any atom is -0.467 e. The first-order valence-electron chi connectivity index (χ1n) is 6.00. The molecule has 0 radical (unpaired) electrons. The zero-order chi connectivity index (χ0) is 11.9. The first-order chi connectivity index (χ1) is 8.34. The monoisotopic (exact) mass is 254 g/mol. The van der Waals surface area contributed by atoms with Gasteiger partial charge in [0, 0.05) is 13.2 Å². The van der Waals surface area contributed by atoms with Crippen LogP contribution >= 0.6 is 12.2 Å². The van der Waals surface area contributed by atoms with Crippen molar-refractivity contribution in [2.75, 3.05) is 13.2 Å². The third-order valence-electron chi connectivity index (χ3n) is 2.78. The van der Waals surface area contributed by atoms with Crippen molar-refractivity contribution in [2.24, 2.45) is 0 Å². The second-order valence-corrected chi connectivity index (χ2v) is 4.52. The van der Waals surface area contributed by atoms with Crippen LogP contribution in [0.3, 0.4) is 0 Å². The summed E-state index contributed by atoms with van der Waals surface area (Å²) in [7, 11) is 0. The fraction of sp³-hybridized carbons (Fsp3) is 0.583. The molecule has 17 heavy (non-hydrogen) atoms. The van der Waals surface area contributed by atoms with E-state index in [-0.39, 0.29) is 0 Å². The summed E-state index contributed by atoms with van der Waals surface area (Å²) >= 11 is 5.16. The number of furan rings is 1. The van der Waals surface area contributed by atoms with Gasteiger partial charge in [0.25, 0.3) is 0 Å². The van der Waals surface area contributed by atoms with Gasteiger partial charge in [-0.05, 0) is 43.6 Å². The topological polar surface area (TPSA) is 46.4 Å².